The van der Waals surface area contributed by atoms with E-state index in [0.29, 0.717) is 25.7 Å². The Kier molecular flexibility index (Phi) is 35.4. The third-order valence-corrected chi connectivity index (χ3v) is 4.67. The topological polar surface area (TPSA) is 172 Å². The van der Waals surface area contributed by atoms with Crippen molar-refractivity contribution in [3.8, 4) is 0 Å². The van der Waals surface area contributed by atoms with Crippen molar-refractivity contribution in [2.45, 2.75) is 130 Å². The van der Waals surface area contributed by atoms with Crippen LogP contribution in [-0.4, -0.2) is 52.6 Å². The summed E-state index contributed by atoms with van der Waals surface area (Å²) in [5.41, 5.74) is 0. The average Bonchev–Trinajstić information content (AvgIpc) is 2.73. The molecule has 0 amide bonds. The van der Waals surface area contributed by atoms with Crippen molar-refractivity contribution in [3.05, 3.63) is 0 Å². The summed E-state index contributed by atoms with van der Waals surface area (Å²) in [7, 11) is 0. The summed E-state index contributed by atoms with van der Waals surface area (Å²) in [5.74, 6) is -4.49. The molecule has 0 saturated heterocycles. The van der Waals surface area contributed by atoms with Crippen molar-refractivity contribution in [2.24, 2.45) is 0 Å². The molecule has 0 atom stereocenters. The van der Waals surface area contributed by atoms with E-state index in [1.54, 1.807) is 0 Å². The zero-order chi connectivity index (χ0) is 27.5. The third-order valence-electron chi connectivity index (χ3n) is 4.67. The number of hydrogen-bond acceptors (Lipinski definition) is 9. The second-order valence-corrected chi connectivity index (χ2v) is 8.34. The van der Waals surface area contributed by atoms with Crippen molar-refractivity contribution < 1.29 is 44.1 Å². The Morgan fingerprint density at radius 2 is 0.694 bits per heavy atom. The summed E-state index contributed by atoms with van der Waals surface area (Å²) in [5, 5.41) is 29.8. The van der Waals surface area contributed by atoms with Gasteiger partial charge in [0.25, 0.3) is 0 Å². The zero-order valence-electron chi connectivity index (χ0n) is 22.3. The molecule has 0 unspecified atom stereocenters. The smallest absolute Gasteiger partial charge is 0.550 e. The number of rotatable bonds is 20. The molecular weight excluding hydrogens is 483 g/mol. The second kappa shape index (κ2) is 31.0. The van der Waals surface area contributed by atoms with Gasteiger partial charge in [-0.25, -0.2) is 0 Å². The van der Waals surface area contributed by atoms with Gasteiger partial charge in [0.15, 0.2) is 0 Å². The van der Waals surface area contributed by atoms with Gasteiger partial charge in [0.1, 0.15) is 17.3 Å². The van der Waals surface area contributed by atoms with Gasteiger partial charge in [-0.15, -0.1) is 0 Å². The maximum atomic E-state index is 10.9. The first-order chi connectivity index (χ1) is 16.5. The number of unbranched alkanes of at least 4 members (excludes halogenated alkanes) is 8. The van der Waals surface area contributed by atoms with Gasteiger partial charge in [-0.05, 0) is 19.3 Å². The summed E-state index contributed by atoms with van der Waals surface area (Å²) in [6.45, 7) is 6.08. The van der Waals surface area contributed by atoms with Gasteiger partial charge in [0, 0.05) is 56.4 Å². The second-order valence-electron chi connectivity index (χ2n) is 8.34. The normalized spacial score (nSPS) is 9.42. The van der Waals surface area contributed by atoms with Crippen molar-refractivity contribution in [1.82, 2.24) is 0 Å². The first-order valence-electron chi connectivity index (χ1n) is 12.6. The predicted molar refractivity (Wildman–Crippen MR) is 131 cm³/mol. The van der Waals surface area contributed by atoms with E-state index >= 15 is 0 Å². The minimum absolute atomic E-state index is 0. The van der Waals surface area contributed by atoms with Crippen LogP contribution in [0.5, 0.6) is 0 Å². The molecule has 10 heteroatoms. The van der Waals surface area contributed by atoms with E-state index in [4.69, 9.17) is 0 Å². The van der Waals surface area contributed by atoms with Crippen molar-refractivity contribution in [1.29, 1.82) is 0 Å². The van der Waals surface area contributed by atoms with Crippen LogP contribution in [0.2, 0.25) is 0 Å². The number of carbonyl (C=O) groups excluding carboxylic acids is 6. The molecule has 36 heavy (non-hydrogen) atoms. The Morgan fingerprint density at radius 3 is 0.944 bits per heavy atom. The molecule has 0 heterocycles. The van der Waals surface area contributed by atoms with Crippen LogP contribution >= 0.6 is 0 Å². The molecule has 0 aliphatic heterocycles. The van der Waals surface area contributed by atoms with Gasteiger partial charge in [-0.1, -0.05) is 72.1 Å². The van der Waals surface area contributed by atoms with E-state index in [9.17, 15) is 44.1 Å². The van der Waals surface area contributed by atoms with E-state index in [2.05, 4.69) is 13.8 Å². The number of carbonyl (C=O) groups is 6. The largest absolute Gasteiger partial charge is 3.00 e. The molecule has 0 aromatic heterocycles. The fourth-order valence-electron chi connectivity index (χ4n) is 2.88. The molecule has 0 bridgehead atoms. The zero-order valence-corrected chi connectivity index (χ0v) is 23.4. The Labute approximate surface area is 226 Å². The molecule has 0 radical (unpaired) electrons. The van der Waals surface area contributed by atoms with E-state index < -0.39 is 37.2 Å². The van der Waals surface area contributed by atoms with Gasteiger partial charge in [-0.3, -0.25) is 14.4 Å². The summed E-state index contributed by atoms with van der Waals surface area (Å²) >= 11 is 0. The molecule has 0 aliphatic carbocycles. The number of aliphatic carboxylic acids is 3. The number of Topliss-reactive ketones (excluding diaryl/α,β-unsaturated/α-hetero) is 3. The fourth-order valence-corrected chi connectivity index (χ4v) is 2.88. The molecule has 0 aromatic rings. The molecule has 0 rings (SSSR count). The van der Waals surface area contributed by atoms with Crippen LogP contribution < -0.4 is 15.3 Å². The Morgan fingerprint density at radius 1 is 0.417 bits per heavy atom. The first-order valence-corrected chi connectivity index (χ1v) is 12.6. The minimum Gasteiger partial charge on any atom is -0.550 e. The Balaban J connectivity index is -0.000000214. The quantitative estimate of drug-likeness (QED) is 0.128. The van der Waals surface area contributed by atoms with E-state index in [1.165, 1.54) is 25.7 Å². The summed E-state index contributed by atoms with van der Waals surface area (Å²) in [6.07, 6.45) is 11.2. The van der Waals surface area contributed by atoms with Crippen LogP contribution in [0.1, 0.15) is 130 Å². The minimum atomic E-state index is -1.28. The number of carboxylic acid groups (broad SMARTS) is 3. The number of carboxylic acids is 3. The SMILES string of the molecule is CCCC(=O)CC(=O)[O-].CCCCCCCC(=O)CC(=O)[O-].CCCCCCCC(=O)CC(=O)[O-].[Al+3]. The average molecular weight is 527 g/mol. The van der Waals surface area contributed by atoms with Crippen molar-refractivity contribution in [2.75, 3.05) is 0 Å². The summed E-state index contributed by atoms with van der Waals surface area (Å²) in [6, 6.07) is 0. The predicted octanol–water partition coefficient (Wildman–Crippen LogP) is 1.23. The van der Waals surface area contributed by atoms with Crippen LogP contribution in [0.25, 0.3) is 0 Å². The standard InChI is InChI=1S/2C10H18O3.C6H10O3.Al/c2*1-2-3-4-5-6-7-9(11)8-10(12)13;1-2-3-5(7)4-6(8)9;/h2*2-8H2,1H3,(H,12,13);2-4H2,1H3,(H,8,9);/q;;;+3/p-3. The maximum Gasteiger partial charge on any atom is 3.00 e. The molecule has 0 N–H and O–H groups in total. The molecule has 0 saturated carbocycles. The van der Waals surface area contributed by atoms with Gasteiger partial charge >= 0.3 is 17.4 Å². The van der Waals surface area contributed by atoms with E-state index in [0.717, 1.165) is 38.5 Å². The molecule has 0 fully saturated rings. The molecule has 204 valence electrons. The number of hydrogen-bond donors (Lipinski definition) is 0. The van der Waals surface area contributed by atoms with Gasteiger partial charge in [0.2, 0.25) is 0 Å². The van der Waals surface area contributed by atoms with Crippen molar-refractivity contribution >= 4 is 52.6 Å². The van der Waals surface area contributed by atoms with Crippen molar-refractivity contribution in [3.63, 3.8) is 0 Å². The van der Waals surface area contributed by atoms with Crippen LogP contribution in [0.4, 0.5) is 0 Å². The summed E-state index contributed by atoms with van der Waals surface area (Å²) < 4.78 is 0. The van der Waals surface area contributed by atoms with Crippen LogP contribution in [0, 0.1) is 0 Å². The molecule has 0 aromatic carbocycles. The molecular formula is C26H43AlO9. The van der Waals surface area contributed by atoms with Crippen LogP contribution in [0.3, 0.4) is 0 Å². The fraction of sp³-hybridized carbons (Fsp3) is 0.769. The summed E-state index contributed by atoms with van der Waals surface area (Å²) in [4.78, 5) is 61.9. The van der Waals surface area contributed by atoms with Gasteiger partial charge in [-0.2, -0.15) is 0 Å². The van der Waals surface area contributed by atoms with Gasteiger partial charge < -0.3 is 29.7 Å². The van der Waals surface area contributed by atoms with E-state index in [1.807, 2.05) is 6.92 Å². The van der Waals surface area contributed by atoms with Crippen LogP contribution in [-0.2, 0) is 28.8 Å². The Bertz CT molecular complexity index is 581. The monoisotopic (exact) mass is 526 g/mol. The number of ketones is 3. The van der Waals surface area contributed by atoms with Gasteiger partial charge in [0.05, 0.1) is 0 Å². The molecule has 0 spiro atoms. The third kappa shape index (κ3) is 42.1. The first kappa shape index (κ1) is 41.1. The van der Waals surface area contributed by atoms with Crippen LogP contribution in [0.15, 0.2) is 0 Å². The van der Waals surface area contributed by atoms with E-state index in [-0.39, 0.29) is 34.7 Å². The molecule has 9 nitrogen and oxygen atoms in total. The maximum absolute atomic E-state index is 10.9. The Hall–Kier alpha value is -2.05. The molecule has 0 aliphatic rings.